The second-order valence-corrected chi connectivity index (χ2v) is 4.77. The number of carbonyl (C=O) groups excluding carboxylic acids is 1. The third kappa shape index (κ3) is 3.94. The van der Waals surface area contributed by atoms with Gasteiger partial charge in [-0.15, -0.1) is 6.58 Å². The highest BCUT2D eigenvalue weighted by molar-refractivity contribution is 5.81. The monoisotopic (exact) mass is 226 g/mol. The van der Waals surface area contributed by atoms with Crippen molar-refractivity contribution in [3.05, 3.63) is 12.7 Å². The minimum absolute atomic E-state index is 0.0902. The summed E-state index contributed by atoms with van der Waals surface area (Å²) in [5.74, 6) is -0.0902. The first-order chi connectivity index (χ1) is 7.57. The molecule has 92 valence electrons. The van der Waals surface area contributed by atoms with Crippen molar-refractivity contribution in [3.63, 3.8) is 0 Å². The Morgan fingerprint density at radius 1 is 1.62 bits per heavy atom. The topological polar surface area (TPSA) is 64.4 Å². The van der Waals surface area contributed by atoms with Crippen molar-refractivity contribution in [1.82, 2.24) is 5.32 Å². The van der Waals surface area contributed by atoms with Crippen molar-refractivity contribution in [2.75, 3.05) is 19.8 Å². The van der Waals surface area contributed by atoms with Gasteiger partial charge in [0.15, 0.2) is 0 Å². The third-order valence-electron chi connectivity index (χ3n) is 3.15. The van der Waals surface area contributed by atoms with Crippen LogP contribution in [0.5, 0.6) is 0 Å². The second kappa shape index (κ2) is 6.01. The molecule has 3 N–H and O–H groups in total. The summed E-state index contributed by atoms with van der Waals surface area (Å²) in [5, 5.41) is 2.91. The van der Waals surface area contributed by atoms with Crippen LogP contribution in [0, 0.1) is 5.41 Å². The van der Waals surface area contributed by atoms with Gasteiger partial charge in [0.05, 0.1) is 6.04 Å². The van der Waals surface area contributed by atoms with Crippen molar-refractivity contribution in [2.45, 2.75) is 32.2 Å². The molecule has 1 unspecified atom stereocenters. The van der Waals surface area contributed by atoms with Crippen molar-refractivity contribution in [3.8, 4) is 0 Å². The van der Waals surface area contributed by atoms with Crippen LogP contribution in [0.1, 0.15) is 26.2 Å². The Balaban J connectivity index is 2.32. The molecular weight excluding hydrogens is 204 g/mol. The number of nitrogens with two attached hydrogens (primary N) is 1. The van der Waals surface area contributed by atoms with E-state index in [-0.39, 0.29) is 11.3 Å². The molecule has 4 heteroatoms. The van der Waals surface area contributed by atoms with E-state index in [1.807, 2.05) is 0 Å². The number of hydrogen-bond donors (Lipinski definition) is 2. The Morgan fingerprint density at radius 3 is 2.81 bits per heavy atom. The van der Waals surface area contributed by atoms with Crippen LogP contribution in [0.25, 0.3) is 0 Å². The summed E-state index contributed by atoms with van der Waals surface area (Å²) < 4.78 is 5.31. The minimum Gasteiger partial charge on any atom is -0.381 e. The fourth-order valence-electron chi connectivity index (χ4n) is 1.76. The summed E-state index contributed by atoms with van der Waals surface area (Å²) >= 11 is 0. The van der Waals surface area contributed by atoms with Crippen LogP contribution in [0.15, 0.2) is 12.7 Å². The van der Waals surface area contributed by atoms with E-state index in [2.05, 4.69) is 18.8 Å². The Morgan fingerprint density at radius 2 is 2.25 bits per heavy atom. The van der Waals surface area contributed by atoms with Crippen LogP contribution >= 0.6 is 0 Å². The van der Waals surface area contributed by atoms with E-state index in [4.69, 9.17) is 10.5 Å². The number of hydrogen-bond acceptors (Lipinski definition) is 3. The number of carbonyl (C=O) groups is 1. The zero-order chi connectivity index (χ0) is 12.0. The molecule has 0 spiro atoms. The lowest BCUT2D eigenvalue weighted by atomic mass is 9.82. The quantitative estimate of drug-likeness (QED) is 0.682. The predicted molar refractivity (Wildman–Crippen MR) is 64.0 cm³/mol. The van der Waals surface area contributed by atoms with Gasteiger partial charge in [-0.05, 0) is 24.7 Å². The lowest BCUT2D eigenvalue weighted by Crippen LogP contribution is -2.45. The smallest absolute Gasteiger partial charge is 0.237 e. The molecule has 0 aromatic rings. The SMILES string of the molecule is C=CCC(N)C(=O)NCC1(C)CCOCC1. The first-order valence-corrected chi connectivity index (χ1v) is 5.79. The average Bonchev–Trinajstić information content (AvgIpc) is 2.27. The molecule has 1 saturated heterocycles. The van der Waals surface area contributed by atoms with Crippen LogP contribution in [0.4, 0.5) is 0 Å². The van der Waals surface area contributed by atoms with Gasteiger partial charge in [0, 0.05) is 19.8 Å². The van der Waals surface area contributed by atoms with E-state index in [9.17, 15) is 4.79 Å². The van der Waals surface area contributed by atoms with Crippen LogP contribution < -0.4 is 11.1 Å². The number of rotatable bonds is 5. The van der Waals surface area contributed by atoms with Crippen LogP contribution in [-0.2, 0) is 9.53 Å². The summed E-state index contributed by atoms with van der Waals surface area (Å²) in [7, 11) is 0. The number of ether oxygens (including phenoxy) is 1. The van der Waals surface area contributed by atoms with Crippen molar-refractivity contribution < 1.29 is 9.53 Å². The molecule has 16 heavy (non-hydrogen) atoms. The summed E-state index contributed by atoms with van der Waals surface area (Å²) in [6, 6.07) is -0.471. The highest BCUT2D eigenvalue weighted by atomic mass is 16.5. The molecule has 0 saturated carbocycles. The highest BCUT2D eigenvalue weighted by Crippen LogP contribution is 2.28. The van der Waals surface area contributed by atoms with Gasteiger partial charge in [0.25, 0.3) is 0 Å². The molecule has 0 bridgehead atoms. The van der Waals surface area contributed by atoms with E-state index in [0.29, 0.717) is 13.0 Å². The zero-order valence-electron chi connectivity index (χ0n) is 10.00. The first-order valence-electron chi connectivity index (χ1n) is 5.79. The fraction of sp³-hybridized carbons (Fsp3) is 0.750. The van der Waals surface area contributed by atoms with E-state index >= 15 is 0 Å². The summed E-state index contributed by atoms with van der Waals surface area (Å²) in [4.78, 5) is 11.6. The van der Waals surface area contributed by atoms with Crippen molar-refractivity contribution in [2.24, 2.45) is 11.1 Å². The van der Waals surface area contributed by atoms with Crippen molar-refractivity contribution >= 4 is 5.91 Å². The first kappa shape index (κ1) is 13.2. The second-order valence-electron chi connectivity index (χ2n) is 4.77. The fourth-order valence-corrected chi connectivity index (χ4v) is 1.76. The van der Waals surface area contributed by atoms with Crippen LogP contribution in [0.2, 0.25) is 0 Å². The molecule has 1 aliphatic heterocycles. The number of amides is 1. The summed E-state index contributed by atoms with van der Waals surface area (Å²) in [6.07, 6.45) is 4.17. The van der Waals surface area contributed by atoms with E-state index in [1.54, 1.807) is 6.08 Å². The Hall–Kier alpha value is -0.870. The zero-order valence-corrected chi connectivity index (χ0v) is 10.00. The van der Waals surface area contributed by atoms with Gasteiger partial charge in [-0.25, -0.2) is 0 Å². The normalized spacial score (nSPS) is 21.1. The largest absolute Gasteiger partial charge is 0.381 e. The van der Waals surface area contributed by atoms with Gasteiger partial charge < -0.3 is 15.8 Å². The molecule has 1 rings (SSSR count). The van der Waals surface area contributed by atoms with Crippen LogP contribution in [0.3, 0.4) is 0 Å². The lowest BCUT2D eigenvalue weighted by molar-refractivity contribution is -0.123. The Labute approximate surface area is 97.2 Å². The van der Waals surface area contributed by atoms with Crippen LogP contribution in [-0.4, -0.2) is 31.7 Å². The molecule has 0 radical (unpaired) electrons. The molecule has 4 nitrogen and oxygen atoms in total. The van der Waals surface area contributed by atoms with Gasteiger partial charge in [-0.2, -0.15) is 0 Å². The maximum atomic E-state index is 11.6. The molecule has 1 heterocycles. The molecule has 1 aliphatic rings. The predicted octanol–water partition coefficient (Wildman–Crippen LogP) is 0.823. The molecule has 0 aliphatic carbocycles. The highest BCUT2D eigenvalue weighted by Gasteiger charge is 2.28. The molecule has 1 amide bonds. The molecule has 0 aromatic carbocycles. The maximum absolute atomic E-state index is 11.6. The number of nitrogens with one attached hydrogen (secondary N) is 1. The molecule has 0 aromatic heterocycles. The van der Waals surface area contributed by atoms with E-state index < -0.39 is 6.04 Å². The standard InChI is InChI=1S/C12H22N2O2/c1-3-4-10(13)11(15)14-9-12(2)5-7-16-8-6-12/h3,10H,1,4-9,13H2,2H3,(H,14,15). The lowest BCUT2D eigenvalue weighted by Gasteiger charge is -2.33. The van der Waals surface area contributed by atoms with E-state index in [1.165, 1.54) is 0 Å². The van der Waals surface area contributed by atoms with Gasteiger partial charge >= 0.3 is 0 Å². The van der Waals surface area contributed by atoms with E-state index in [0.717, 1.165) is 26.1 Å². The average molecular weight is 226 g/mol. The Bertz CT molecular complexity index is 247. The van der Waals surface area contributed by atoms with Gasteiger partial charge in [-0.1, -0.05) is 13.0 Å². The molecular formula is C12H22N2O2. The maximum Gasteiger partial charge on any atom is 0.237 e. The third-order valence-corrected chi connectivity index (χ3v) is 3.15. The van der Waals surface area contributed by atoms with Gasteiger partial charge in [0.2, 0.25) is 5.91 Å². The van der Waals surface area contributed by atoms with Gasteiger partial charge in [0.1, 0.15) is 0 Å². The van der Waals surface area contributed by atoms with Crippen molar-refractivity contribution in [1.29, 1.82) is 0 Å². The Kier molecular flexibility index (Phi) is 4.96. The summed E-state index contributed by atoms with van der Waals surface area (Å²) in [5.41, 5.74) is 5.83. The minimum atomic E-state index is -0.471. The summed E-state index contributed by atoms with van der Waals surface area (Å²) in [6.45, 7) is 7.99. The molecule has 1 atom stereocenters. The molecule has 1 fully saturated rings. The van der Waals surface area contributed by atoms with Gasteiger partial charge in [-0.3, -0.25) is 4.79 Å².